The van der Waals surface area contributed by atoms with Gasteiger partial charge in [0.25, 0.3) is 0 Å². The van der Waals surface area contributed by atoms with Gasteiger partial charge in [0.05, 0.1) is 5.56 Å². The molecule has 1 unspecified atom stereocenters. The molecule has 0 amide bonds. The summed E-state index contributed by atoms with van der Waals surface area (Å²) in [5.41, 5.74) is 5.00. The molecule has 0 spiro atoms. The summed E-state index contributed by atoms with van der Waals surface area (Å²) in [7, 11) is 0. The molecule has 0 aliphatic heterocycles. The Kier molecular flexibility index (Phi) is 27.9. The molecule has 1 aromatic carbocycles. The minimum Gasteiger partial charge on any atom is -0.507 e. The van der Waals surface area contributed by atoms with E-state index in [2.05, 4.69) is 58.2 Å². The maximum Gasteiger partial charge on any atom is 0.182 e. The fraction of sp³-hybridized carbons (Fsp3) is 0.750. The molecule has 1 N–H and O–H groups in total. The molecule has 4 heteroatoms. The van der Waals surface area contributed by atoms with Crippen molar-refractivity contribution in [2.45, 2.75) is 253 Å². The number of unbranched alkanes of at least 4 members (excludes halogenated alkanes) is 28. The molecule has 0 saturated heterocycles. The number of rotatable bonds is 36. The molecular formula is C52H88NO3+. The van der Waals surface area contributed by atoms with E-state index >= 15 is 0 Å². The van der Waals surface area contributed by atoms with Crippen LogP contribution in [0.15, 0.2) is 24.3 Å². The van der Waals surface area contributed by atoms with Crippen LogP contribution in [0.4, 0.5) is 0 Å². The molecular weight excluding hydrogens is 687 g/mol. The minimum absolute atomic E-state index is 0.000282. The second-order valence-electron chi connectivity index (χ2n) is 17.5. The summed E-state index contributed by atoms with van der Waals surface area (Å²) in [5, 5.41) is 11.2. The van der Waals surface area contributed by atoms with Crippen molar-refractivity contribution in [1.82, 2.24) is 0 Å². The monoisotopic (exact) mass is 775 g/mol. The Hall–Kier alpha value is -2.49. The second-order valence-corrected chi connectivity index (χ2v) is 17.5. The van der Waals surface area contributed by atoms with Crippen LogP contribution in [0.3, 0.4) is 0 Å². The Bertz CT molecular complexity index is 1320. The highest BCUT2D eigenvalue weighted by Gasteiger charge is 2.31. The molecule has 1 aromatic heterocycles. The van der Waals surface area contributed by atoms with Crippen LogP contribution in [0.2, 0.25) is 0 Å². The first-order chi connectivity index (χ1) is 27.2. The summed E-state index contributed by atoms with van der Waals surface area (Å²) in [6, 6.07) is 7.73. The average Bonchev–Trinajstić information content (AvgIpc) is 3.17. The number of Topliss-reactive ketones (excluding diaryl/α,β-unsaturated/α-hetero) is 2. The van der Waals surface area contributed by atoms with Crippen molar-refractivity contribution in [1.29, 1.82) is 0 Å². The average molecular weight is 775 g/mol. The summed E-state index contributed by atoms with van der Waals surface area (Å²) in [4.78, 5) is 28.1. The summed E-state index contributed by atoms with van der Waals surface area (Å²) < 4.78 is 2.26. The van der Waals surface area contributed by atoms with Gasteiger partial charge in [-0.2, -0.15) is 4.57 Å². The Morgan fingerprint density at radius 2 is 0.786 bits per heavy atom. The van der Waals surface area contributed by atoms with Crippen molar-refractivity contribution in [2.24, 2.45) is 0 Å². The zero-order chi connectivity index (χ0) is 40.8. The van der Waals surface area contributed by atoms with Crippen molar-refractivity contribution in [3.05, 3.63) is 57.9 Å². The number of carbonyl (C=O) groups is 2. The molecule has 1 heterocycles. The number of aryl methyl sites for hydroxylation is 3. The molecule has 0 aliphatic rings. The maximum absolute atomic E-state index is 14.2. The van der Waals surface area contributed by atoms with Crippen molar-refractivity contribution in [3.8, 4) is 5.75 Å². The lowest BCUT2D eigenvalue weighted by Crippen LogP contribution is -2.45. The zero-order valence-electron chi connectivity index (χ0n) is 37.7. The van der Waals surface area contributed by atoms with Gasteiger partial charge in [0.1, 0.15) is 5.75 Å². The van der Waals surface area contributed by atoms with Crippen LogP contribution >= 0.6 is 0 Å². The number of hydrogen-bond acceptors (Lipinski definition) is 3. The molecule has 0 radical (unpaired) electrons. The molecule has 4 nitrogen and oxygen atoms in total. The van der Waals surface area contributed by atoms with Gasteiger partial charge in [-0.25, -0.2) is 0 Å². The summed E-state index contributed by atoms with van der Waals surface area (Å²) >= 11 is 0. The Morgan fingerprint density at radius 1 is 0.482 bits per heavy atom. The first-order valence-electron chi connectivity index (χ1n) is 24.1. The Labute approximate surface area is 346 Å². The highest BCUT2D eigenvalue weighted by atomic mass is 16.3. The van der Waals surface area contributed by atoms with Gasteiger partial charge in [-0.1, -0.05) is 194 Å². The maximum atomic E-state index is 14.2. The topological polar surface area (TPSA) is 58.2 Å². The molecule has 0 saturated carbocycles. The number of benzene rings is 1. The summed E-state index contributed by atoms with van der Waals surface area (Å²) in [5.74, 6) is -0.136. The number of aromatic hydroxyl groups is 1. The van der Waals surface area contributed by atoms with Gasteiger partial charge in [-0.05, 0) is 37.5 Å². The van der Waals surface area contributed by atoms with Crippen LogP contribution in [0.1, 0.15) is 276 Å². The van der Waals surface area contributed by atoms with Gasteiger partial charge in [-0.15, -0.1) is 0 Å². The lowest BCUT2D eigenvalue weighted by atomic mass is 9.87. The van der Waals surface area contributed by atoms with E-state index in [-0.39, 0.29) is 28.9 Å². The van der Waals surface area contributed by atoms with E-state index in [1.807, 2.05) is 6.07 Å². The Balaban J connectivity index is 1.90. The van der Waals surface area contributed by atoms with Gasteiger partial charge >= 0.3 is 0 Å². The van der Waals surface area contributed by atoms with Crippen molar-refractivity contribution < 1.29 is 19.3 Å². The van der Waals surface area contributed by atoms with Gasteiger partial charge in [0, 0.05) is 56.9 Å². The molecule has 2 rings (SSSR count). The number of pyridine rings is 1. The van der Waals surface area contributed by atoms with Gasteiger partial charge < -0.3 is 5.11 Å². The number of aromatic nitrogens is 1. The van der Waals surface area contributed by atoms with Gasteiger partial charge in [0.2, 0.25) is 0 Å². The molecule has 318 valence electrons. The van der Waals surface area contributed by atoms with E-state index in [0.717, 1.165) is 55.5 Å². The van der Waals surface area contributed by atoms with E-state index in [9.17, 15) is 14.7 Å². The molecule has 0 fully saturated rings. The van der Waals surface area contributed by atoms with Gasteiger partial charge in [0.15, 0.2) is 29.0 Å². The number of phenols is 1. The third kappa shape index (κ3) is 20.3. The zero-order valence-corrected chi connectivity index (χ0v) is 37.7. The van der Waals surface area contributed by atoms with E-state index in [4.69, 9.17) is 0 Å². The third-order valence-corrected chi connectivity index (χ3v) is 12.3. The highest BCUT2D eigenvalue weighted by molar-refractivity contribution is 6.11. The van der Waals surface area contributed by atoms with Crippen LogP contribution in [0.25, 0.3) is 0 Å². The molecule has 1 atom stereocenters. The largest absolute Gasteiger partial charge is 0.507 e. The number of ketones is 2. The van der Waals surface area contributed by atoms with E-state index in [1.54, 1.807) is 6.07 Å². The van der Waals surface area contributed by atoms with Crippen LogP contribution < -0.4 is 4.57 Å². The van der Waals surface area contributed by atoms with Crippen molar-refractivity contribution >= 4 is 11.6 Å². The first-order valence-corrected chi connectivity index (χ1v) is 24.1. The highest BCUT2D eigenvalue weighted by Crippen LogP contribution is 2.32. The number of phenolic OH excluding ortho intramolecular Hbond substituents is 1. The predicted octanol–water partition coefficient (Wildman–Crippen LogP) is 16.1. The van der Waals surface area contributed by atoms with Crippen molar-refractivity contribution in [2.75, 3.05) is 0 Å². The van der Waals surface area contributed by atoms with Crippen LogP contribution in [-0.4, -0.2) is 16.7 Å². The minimum atomic E-state index is -0.145. The number of carbonyl (C=O) groups excluding carboxylic acids is 2. The van der Waals surface area contributed by atoms with Crippen LogP contribution in [0, 0.1) is 20.8 Å². The first kappa shape index (κ1) is 49.7. The van der Waals surface area contributed by atoms with Gasteiger partial charge in [-0.3, -0.25) is 9.59 Å². The van der Waals surface area contributed by atoms with Crippen LogP contribution in [-0.2, 0) is 0 Å². The smallest absolute Gasteiger partial charge is 0.182 e. The van der Waals surface area contributed by atoms with E-state index in [1.165, 1.54) is 160 Å². The fourth-order valence-electron chi connectivity index (χ4n) is 8.97. The summed E-state index contributed by atoms with van der Waals surface area (Å²) in [6.45, 7) is 13.0. The third-order valence-electron chi connectivity index (χ3n) is 12.3. The number of hydrogen-bond donors (Lipinski definition) is 1. The second kappa shape index (κ2) is 31.5. The molecule has 0 bridgehead atoms. The van der Waals surface area contributed by atoms with E-state index in [0.29, 0.717) is 18.4 Å². The van der Waals surface area contributed by atoms with Crippen molar-refractivity contribution in [3.63, 3.8) is 0 Å². The molecule has 2 aromatic rings. The molecule has 56 heavy (non-hydrogen) atoms. The standard InChI is InChI=1S/C52H87NO3/c1-7-9-11-13-15-17-19-21-23-25-27-29-31-33-35-37-48(54)51-47(46(6)53-44(4)41-43(3)42-45(53)5)39-40-50(56)52(51)49(55)38-36-34-32-30-28-26-24-22-20-18-16-14-12-10-8-2/h39-42,46H,7-38H2,1-6H3/p+1. The predicted molar refractivity (Wildman–Crippen MR) is 241 cm³/mol. The lowest BCUT2D eigenvalue weighted by Gasteiger charge is -2.19. The summed E-state index contributed by atoms with van der Waals surface area (Å²) in [6.07, 6.45) is 39.2. The SMILES string of the molecule is CCCCCCCCCCCCCCCCCC(=O)c1c(O)ccc(C(C)[n+]2c(C)cc(C)cc2C)c1C(=O)CCCCCCCCCCCCCCCCC. The van der Waals surface area contributed by atoms with E-state index < -0.39 is 0 Å². The molecule has 0 aliphatic carbocycles. The lowest BCUT2D eigenvalue weighted by molar-refractivity contribution is -0.721. The number of nitrogens with zero attached hydrogens (tertiary/aromatic N) is 1. The van der Waals surface area contributed by atoms with Crippen LogP contribution in [0.5, 0.6) is 5.75 Å². The Morgan fingerprint density at radius 3 is 1.12 bits per heavy atom. The fourth-order valence-corrected chi connectivity index (χ4v) is 8.97. The quantitative estimate of drug-likeness (QED) is 0.0426. The normalized spacial score (nSPS) is 12.0.